The van der Waals surface area contributed by atoms with Crippen LogP contribution in [0.5, 0.6) is 0 Å². The highest BCUT2D eigenvalue weighted by Crippen LogP contribution is 2.39. The fourth-order valence-corrected chi connectivity index (χ4v) is 4.28. The summed E-state index contributed by atoms with van der Waals surface area (Å²) in [6, 6.07) is 0. The lowest BCUT2D eigenvalue weighted by molar-refractivity contribution is 0.275. The van der Waals surface area contributed by atoms with Crippen molar-refractivity contribution in [3.63, 3.8) is 0 Å². The van der Waals surface area contributed by atoms with Gasteiger partial charge in [-0.15, -0.1) is 0 Å². The molecule has 1 nitrogen and oxygen atoms in total. The fourth-order valence-electron chi connectivity index (χ4n) is 2.73. The number of hydrogen-bond donors (Lipinski definition) is 1. The molecule has 0 radical (unpaired) electrons. The summed E-state index contributed by atoms with van der Waals surface area (Å²) in [4.78, 5) is 0. The lowest BCUT2D eigenvalue weighted by Crippen LogP contribution is -2.33. The molecule has 1 rings (SSSR count). The van der Waals surface area contributed by atoms with Crippen LogP contribution in [0.1, 0.15) is 52.9 Å². The molecule has 0 aromatic carbocycles. The average Bonchev–Trinajstić information content (AvgIpc) is 2.18. The van der Waals surface area contributed by atoms with Crippen LogP contribution in [0.3, 0.4) is 0 Å². The Bertz CT molecular complexity index is 170. The summed E-state index contributed by atoms with van der Waals surface area (Å²) in [6.45, 7) is 7.81. The molecule has 90 valence electrons. The molecule has 0 aromatic heterocycles. The van der Waals surface area contributed by atoms with E-state index < -0.39 is 0 Å². The molecular weight excluding hydrogens is 202 g/mol. The Hall–Kier alpha value is 0.310. The highest BCUT2D eigenvalue weighted by molar-refractivity contribution is 8.00. The average molecular weight is 229 g/mol. The van der Waals surface area contributed by atoms with Gasteiger partial charge in [0.15, 0.2) is 0 Å². The first kappa shape index (κ1) is 13.4. The van der Waals surface area contributed by atoms with E-state index in [0.29, 0.717) is 0 Å². The van der Waals surface area contributed by atoms with Crippen LogP contribution in [0.4, 0.5) is 0 Å². The summed E-state index contributed by atoms with van der Waals surface area (Å²) >= 11 is 2.16. The van der Waals surface area contributed by atoms with Gasteiger partial charge in [0.2, 0.25) is 0 Å². The molecule has 0 aromatic rings. The van der Waals surface area contributed by atoms with Gasteiger partial charge in [0.05, 0.1) is 0 Å². The van der Waals surface area contributed by atoms with Crippen LogP contribution in [-0.4, -0.2) is 17.0 Å². The van der Waals surface area contributed by atoms with Crippen LogP contribution in [0, 0.1) is 11.8 Å². The van der Waals surface area contributed by atoms with E-state index in [-0.39, 0.29) is 0 Å². The largest absolute Gasteiger partial charge is 0.330 e. The van der Waals surface area contributed by atoms with E-state index in [9.17, 15) is 0 Å². The van der Waals surface area contributed by atoms with Crippen LogP contribution in [0.2, 0.25) is 0 Å². The van der Waals surface area contributed by atoms with Crippen molar-refractivity contribution in [3.05, 3.63) is 0 Å². The highest BCUT2D eigenvalue weighted by atomic mass is 32.2. The fraction of sp³-hybridized carbons (Fsp3) is 1.00. The molecule has 0 saturated heterocycles. The van der Waals surface area contributed by atoms with Crippen molar-refractivity contribution in [2.45, 2.75) is 63.4 Å². The zero-order valence-corrected chi connectivity index (χ0v) is 11.4. The lowest BCUT2D eigenvalue weighted by atomic mass is 9.80. The lowest BCUT2D eigenvalue weighted by Gasteiger charge is -2.36. The van der Waals surface area contributed by atoms with E-state index in [1.54, 1.807) is 0 Å². The van der Waals surface area contributed by atoms with Gasteiger partial charge in [-0.25, -0.2) is 0 Å². The summed E-state index contributed by atoms with van der Waals surface area (Å²) in [5.41, 5.74) is 5.88. The Morgan fingerprint density at radius 2 is 2.07 bits per heavy atom. The number of thioether (sulfide) groups is 1. The Labute approximate surface area is 99.6 Å². The van der Waals surface area contributed by atoms with Crippen molar-refractivity contribution >= 4 is 11.8 Å². The second kappa shape index (κ2) is 6.80. The maximum Gasteiger partial charge on any atom is 0.00925 e. The smallest absolute Gasteiger partial charge is 0.00925 e. The normalized spacial score (nSPS) is 32.2. The zero-order valence-electron chi connectivity index (χ0n) is 10.5. The predicted molar refractivity (Wildman–Crippen MR) is 71.3 cm³/mol. The van der Waals surface area contributed by atoms with Gasteiger partial charge in [0, 0.05) is 5.25 Å². The molecule has 1 fully saturated rings. The molecule has 1 saturated carbocycles. The molecule has 0 bridgehead atoms. The van der Waals surface area contributed by atoms with Crippen molar-refractivity contribution < 1.29 is 0 Å². The summed E-state index contributed by atoms with van der Waals surface area (Å²) in [5, 5.41) is 1.59. The maximum absolute atomic E-state index is 5.88. The van der Waals surface area contributed by atoms with E-state index in [1.807, 2.05) is 0 Å². The molecule has 3 atom stereocenters. The standard InChI is InChI=1S/C13H27NS/c1-4-5-11-6-7-12(9-14)13(8-11)15-10(2)3/h10-13H,4-9,14H2,1-3H3. The third-order valence-electron chi connectivity index (χ3n) is 3.48. The number of rotatable bonds is 5. The molecular formula is C13H27NS. The highest BCUT2D eigenvalue weighted by Gasteiger charge is 2.29. The Morgan fingerprint density at radius 1 is 1.33 bits per heavy atom. The van der Waals surface area contributed by atoms with Crippen molar-refractivity contribution in [2.24, 2.45) is 17.6 Å². The number of nitrogens with two attached hydrogens (primary N) is 1. The quantitative estimate of drug-likeness (QED) is 0.778. The van der Waals surface area contributed by atoms with Crippen LogP contribution < -0.4 is 5.73 Å². The zero-order chi connectivity index (χ0) is 11.3. The Kier molecular flexibility index (Phi) is 6.06. The topological polar surface area (TPSA) is 26.0 Å². The van der Waals surface area contributed by atoms with Gasteiger partial charge in [-0.1, -0.05) is 40.0 Å². The predicted octanol–water partition coefficient (Wildman–Crippen LogP) is 3.67. The van der Waals surface area contributed by atoms with Crippen molar-refractivity contribution in [1.29, 1.82) is 0 Å². The maximum atomic E-state index is 5.88. The van der Waals surface area contributed by atoms with E-state index in [4.69, 9.17) is 5.73 Å². The number of hydrogen-bond acceptors (Lipinski definition) is 2. The van der Waals surface area contributed by atoms with E-state index in [1.165, 1.54) is 32.1 Å². The van der Waals surface area contributed by atoms with Gasteiger partial charge in [-0.2, -0.15) is 11.8 Å². The Morgan fingerprint density at radius 3 is 2.60 bits per heavy atom. The van der Waals surface area contributed by atoms with Gasteiger partial charge < -0.3 is 5.73 Å². The third-order valence-corrected chi connectivity index (χ3v) is 4.96. The molecule has 0 spiro atoms. The minimum Gasteiger partial charge on any atom is -0.330 e. The summed E-state index contributed by atoms with van der Waals surface area (Å²) in [5.74, 6) is 1.76. The molecule has 0 aliphatic heterocycles. The van der Waals surface area contributed by atoms with Crippen molar-refractivity contribution in [2.75, 3.05) is 6.54 Å². The first-order chi connectivity index (χ1) is 7.17. The van der Waals surface area contributed by atoms with Gasteiger partial charge >= 0.3 is 0 Å². The van der Waals surface area contributed by atoms with E-state index in [0.717, 1.165) is 28.9 Å². The van der Waals surface area contributed by atoms with Crippen molar-refractivity contribution in [1.82, 2.24) is 0 Å². The molecule has 2 heteroatoms. The first-order valence-corrected chi connectivity index (χ1v) is 7.47. The van der Waals surface area contributed by atoms with Crippen LogP contribution in [-0.2, 0) is 0 Å². The first-order valence-electron chi connectivity index (χ1n) is 6.52. The summed E-state index contributed by atoms with van der Waals surface area (Å²) < 4.78 is 0. The minimum atomic E-state index is 0.754. The van der Waals surface area contributed by atoms with E-state index in [2.05, 4.69) is 32.5 Å². The van der Waals surface area contributed by atoms with Gasteiger partial charge in [-0.3, -0.25) is 0 Å². The Balaban J connectivity index is 2.45. The molecule has 2 N–H and O–H groups in total. The SMILES string of the molecule is CCCC1CCC(CN)C(SC(C)C)C1. The molecule has 0 heterocycles. The summed E-state index contributed by atoms with van der Waals surface area (Å²) in [7, 11) is 0. The van der Waals surface area contributed by atoms with E-state index >= 15 is 0 Å². The van der Waals surface area contributed by atoms with Crippen LogP contribution in [0.15, 0.2) is 0 Å². The van der Waals surface area contributed by atoms with Gasteiger partial charge in [0.25, 0.3) is 0 Å². The molecule has 0 amide bonds. The monoisotopic (exact) mass is 229 g/mol. The summed E-state index contributed by atoms with van der Waals surface area (Å²) in [6.07, 6.45) is 6.97. The van der Waals surface area contributed by atoms with Gasteiger partial charge in [-0.05, 0) is 36.5 Å². The second-order valence-electron chi connectivity index (χ2n) is 5.19. The van der Waals surface area contributed by atoms with Gasteiger partial charge in [0.1, 0.15) is 0 Å². The minimum absolute atomic E-state index is 0.754. The molecule has 3 unspecified atom stereocenters. The van der Waals surface area contributed by atoms with Crippen LogP contribution in [0.25, 0.3) is 0 Å². The molecule has 15 heavy (non-hydrogen) atoms. The second-order valence-corrected chi connectivity index (χ2v) is 7.01. The third kappa shape index (κ3) is 4.36. The van der Waals surface area contributed by atoms with Crippen LogP contribution >= 0.6 is 11.8 Å². The van der Waals surface area contributed by atoms with Crippen molar-refractivity contribution in [3.8, 4) is 0 Å². The molecule has 1 aliphatic carbocycles. The molecule has 1 aliphatic rings.